The second-order valence-corrected chi connectivity index (χ2v) is 3.16. The van der Waals surface area contributed by atoms with E-state index in [9.17, 15) is 13.2 Å². The van der Waals surface area contributed by atoms with Gasteiger partial charge in [-0.3, -0.25) is 4.98 Å². The van der Waals surface area contributed by atoms with E-state index in [2.05, 4.69) is 4.98 Å². The minimum atomic E-state index is -4.23. The fourth-order valence-electron chi connectivity index (χ4n) is 1.07. The van der Waals surface area contributed by atoms with Crippen molar-refractivity contribution in [3.63, 3.8) is 0 Å². The second kappa shape index (κ2) is 3.96. The molecule has 1 rings (SSSR count). The lowest BCUT2D eigenvalue weighted by molar-refractivity contribution is -0.138. The number of nitrogens with two attached hydrogens (primary N) is 1. The van der Waals surface area contributed by atoms with Crippen LogP contribution in [-0.4, -0.2) is 11.2 Å². The van der Waals surface area contributed by atoms with E-state index < -0.39 is 18.6 Å². The fraction of sp³-hybridized carbons (Fsp3) is 0.444. The maximum absolute atomic E-state index is 12.0. The number of aromatic nitrogens is 1. The lowest BCUT2D eigenvalue weighted by Crippen LogP contribution is -2.20. The van der Waals surface area contributed by atoms with Gasteiger partial charge in [-0.05, 0) is 18.6 Å². The minimum absolute atomic E-state index is 0.410. The molecule has 1 atom stereocenters. The van der Waals surface area contributed by atoms with Crippen molar-refractivity contribution in [2.45, 2.75) is 25.6 Å². The van der Waals surface area contributed by atoms with Gasteiger partial charge in [-0.15, -0.1) is 0 Å². The van der Waals surface area contributed by atoms with Crippen LogP contribution in [0.3, 0.4) is 0 Å². The minimum Gasteiger partial charge on any atom is -0.324 e. The molecule has 0 saturated heterocycles. The molecule has 1 aromatic heterocycles. The number of halogens is 3. The number of aryl methyl sites for hydroxylation is 1. The van der Waals surface area contributed by atoms with Crippen molar-refractivity contribution in [2.75, 3.05) is 0 Å². The molecule has 5 heteroatoms. The summed E-state index contributed by atoms with van der Waals surface area (Å²) in [4.78, 5) is 3.88. The molecule has 0 bridgehead atoms. The van der Waals surface area contributed by atoms with Crippen molar-refractivity contribution in [3.8, 4) is 0 Å². The summed E-state index contributed by atoms with van der Waals surface area (Å²) in [6.07, 6.45) is -3.87. The number of alkyl halides is 3. The highest BCUT2D eigenvalue weighted by atomic mass is 19.4. The van der Waals surface area contributed by atoms with Gasteiger partial charge in [-0.2, -0.15) is 13.2 Å². The zero-order valence-corrected chi connectivity index (χ0v) is 7.67. The number of rotatable bonds is 2. The molecule has 0 aliphatic rings. The van der Waals surface area contributed by atoms with Crippen LogP contribution >= 0.6 is 0 Å². The lowest BCUT2D eigenvalue weighted by Gasteiger charge is -2.13. The van der Waals surface area contributed by atoms with Gasteiger partial charge in [0.25, 0.3) is 0 Å². The highest BCUT2D eigenvalue weighted by molar-refractivity contribution is 5.16. The van der Waals surface area contributed by atoms with Crippen LogP contribution in [0.5, 0.6) is 0 Å². The molecule has 1 heterocycles. The Kier molecular flexibility index (Phi) is 3.10. The van der Waals surface area contributed by atoms with Crippen molar-refractivity contribution in [1.82, 2.24) is 4.98 Å². The van der Waals surface area contributed by atoms with E-state index in [1.165, 1.54) is 6.20 Å². The van der Waals surface area contributed by atoms with Gasteiger partial charge in [0.1, 0.15) is 0 Å². The Morgan fingerprint density at radius 1 is 1.43 bits per heavy atom. The number of nitrogens with zero attached hydrogens (tertiary/aromatic N) is 1. The van der Waals surface area contributed by atoms with E-state index in [1.807, 2.05) is 0 Å². The molecule has 0 radical (unpaired) electrons. The van der Waals surface area contributed by atoms with Gasteiger partial charge in [0.2, 0.25) is 0 Å². The Morgan fingerprint density at radius 2 is 2.07 bits per heavy atom. The normalized spacial score (nSPS) is 14.1. The standard InChI is InChI=1S/C9H11F3N2/c1-6-2-3-7(5-14-6)8(13)4-9(10,11)12/h2-3,5,8H,4,13H2,1H3/t8-/m0/s1. The summed E-state index contributed by atoms with van der Waals surface area (Å²) in [6, 6.07) is 2.19. The van der Waals surface area contributed by atoms with Gasteiger partial charge in [0, 0.05) is 17.9 Å². The van der Waals surface area contributed by atoms with Gasteiger partial charge in [-0.25, -0.2) is 0 Å². The quantitative estimate of drug-likeness (QED) is 0.803. The van der Waals surface area contributed by atoms with E-state index in [-0.39, 0.29) is 0 Å². The Balaban J connectivity index is 2.70. The third-order valence-electron chi connectivity index (χ3n) is 1.81. The van der Waals surface area contributed by atoms with Crippen LogP contribution < -0.4 is 5.73 Å². The van der Waals surface area contributed by atoms with Crippen molar-refractivity contribution in [2.24, 2.45) is 5.73 Å². The number of pyridine rings is 1. The molecule has 0 spiro atoms. The maximum atomic E-state index is 12.0. The van der Waals surface area contributed by atoms with Crippen molar-refractivity contribution < 1.29 is 13.2 Å². The van der Waals surface area contributed by atoms with Crippen LogP contribution in [0.1, 0.15) is 23.7 Å². The molecule has 78 valence electrons. The Bertz CT molecular complexity index is 292. The predicted molar refractivity (Wildman–Crippen MR) is 46.6 cm³/mol. The highest BCUT2D eigenvalue weighted by Gasteiger charge is 2.30. The third-order valence-corrected chi connectivity index (χ3v) is 1.81. The van der Waals surface area contributed by atoms with E-state index >= 15 is 0 Å². The van der Waals surface area contributed by atoms with E-state index in [4.69, 9.17) is 5.73 Å². The first-order valence-corrected chi connectivity index (χ1v) is 4.13. The van der Waals surface area contributed by atoms with Gasteiger partial charge >= 0.3 is 6.18 Å². The molecule has 0 aliphatic heterocycles. The largest absolute Gasteiger partial charge is 0.390 e. The number of hydrogen-bond donors (Lipinski definition) is 1. The zero-order chi connectivity index (χ0) is 10.8. The molecule has 1 aromatic rings. The molecule has 0 aliphatic carbocycles. The fourth-order valence-corrected chi connectivity index (χ4v) is 1.07. The molecular formula is C9H11F3N2. The summed E-state index contributed by atoms with van der Waals surface area (Å²) < 4.78 is 35.9. The first-order chi connectivity index (χ1) is 6.38. The van der Waals surface area contributed by atoms with Crippen molar-refractivity contribution in [1.29, 1.82) is 0 Å². The lowest BCUT2D eigenvalue weighted by atomic mass is 10.1. The summed E-state index contributed by atoms with van der Waals surface area (Å²) in [5, 5.41) is 0. The van der Waals surface area contributed by atoms with E-state index in [0.717, 1.165) is 5.69 Å². The maximum Gasteiger partial charge on any atom is 0.390 e. The summed E-state index contributed by atoms with van der Waals surface area (Å²) in [5.41, 5.74) is 6.54. The molecule has 0 saturated carbocycles. The molecule has 2 N–H and O–H groups in total. The average molecular weight is 204 g/mol. The zero-order valence-electron chi connectivity index (χ0n) is 7.67. The summed E-state index contributed by atoms with van der Waals surface area (Å²) >= 11 is 0. The predicted octanol–water partition coefficient (Wildman–Crippen LogP) is 2.34. The van der Waals surface area contributed by atoms with Crippen LogP contribution in [-0.2, 0) is 0 Å². The van der Waals surface area contributed by atoms with E-state index in [1.54, 1.807) is 19.1 Å². The molecular weight excluding hydrogens is 193 g/mol. The Hall–Kier alpha value is -1.10. The van der Waals surface area contributed by atoms with Gasteiger partial charge < -0.3 is 5.73 Å². The Labute approximate surface area is 79.9 Å². The van der Waals surface area contributed by atoms with Gasteiger partial charge in [0.15, 0.2) is 0 Å². The van der Waals surface area contributed by atoms with Crippen LogP contribution in [0.2, 0.25) is 0 Å². The molecule has 2 nitrogen and oxygen atoms in total. The van der Waals surface area contributed by atoms with Gasteiger partial charge in [0.05, 0.1) is 6.42 Å². The van der Waals surface area contributed by atoms with Crippen LogP contribution in [0.4, 0.5) is 13.2 Å². The van der Waals surface area contributed by atoms with E-state index in [0.29, 0.717) is 5.56 Å². The molecule has 0 unspecified atom stereocenters. The first kappa shape index (κ1) is 11.0. The second-order valence-electron chi connectivity index (χ2n) is 3.16. The first-order valence-electron chi connectivity index (χ1n) is 4.13. The topological polar surface area (TPSA) is 38.9 Å². The van der Waals surface area contributed by atoms with Crippen molar-refractivity contribution in [3.05, 3.63) is 29.6 Å². The average Bonchev–Trinajstić information content (AvgIpc) is 2.02. The smallest absolute Gasteiger partial charge is 0.324 e. The number of hydrogen-bond acceptors (Lipinski definition) is 2. The SMILES string of the molecule is Cc1ccc([C@@H](N)CC(F)(F)F)cn1. The van der Waals surface area contributed by atoms with Crippen molar-refractivity contribution >= 4 is 0 Å². The Morgan fingerprint density at radius 3 is 2.50 bits per heavy atom. The summed E-state index contributed by atoms with van der Waals surface area (Å²) in [7, 11) is 0. The molecule has 14 heavy (non-hydrogen) atoms. The summed E-state index contributed by atoms with van der Waals surface area (Å²) in [5.74, 6) is 0. The molecule has 0 aromatic carbocycles. The van der Waals surface area contributed by atoms with Gasteiger partial charge in [-0.1, -0.05) is 6.07 Å². The molecule has 0 fully saturated rings. The van der Waals surface area contributed by atoms with Crippen LogP contribution in [0, 0.1) is 6.92 Å². The van der Waals surface area contributed by atoms with Crippen LogP contribution in [0.25, 0.3) is 0 Å². The third kappa shape index (κ3) is 3.33. The summed E-state index contributed by atoms with van der Waals surface area (Å²) in [6.45, 7) is 1.76. The highest BCUT2D eigenvalue weighted by Crippen LogP contribution is 2.27. The van der Waals surface area contributed by atoms with Crippen LogP contribution in [0.15, 0.2) is 18.3 Å². The monoisotopic (exact) mass is 204 g/mol. The molecule has 0 amide bonds.